The van der Waals surface area contributed by atoms with E-state index in [1.54, 1.807) is 42.5 Å². The quantitative estimate of drug-likeness (QED) is 0.655. The number of carbonyl (C=O) groups excluding carboxylic acids is 1. The van der Waals surface area contributed by atoms with Crippen LogP contribution in [-0.2, 0) is 11.3 Å². The Bertz CT molecular complexity index is 591. The third kappa shape index (κ3) is 3.25. The monoisotopic (exact) mass is 257 g/mol. The predicted molar refractivity (Wildman–Crippen MR) is 72.8 cm³/mol. The summed E-state index contributed by atoms with van der Waals surface area (Å²) in [6, 6.07) is 11.6. The number of aryl methyl sites for hydroxylation is 1. The molecule has 0 spiro atoms. The molecule has 4 nitrogen and oxygen atoms in total. The fraction of sp³-hybridized carbons (Fsp3) is 0.133. The molecule has 0 radical (unpaired) electrons. The Morgan fingerprint density at radius 2 is 1.89 bits per heavy atom. The zero-order chi connectivity index (χ0) is 13.8. The van der Waals surface area contributed by atoms with E-state index in [4.69, 9.17) is 15.6 Å². The number of hydrogen-bond donors (Lipinski definition) is 2. The zero-order valence-corrected chi connectivity index (χ0v) is 10.6. The maximum atomic E-state index is 11.9. The first-order valence-corrected chi connectivity index (χ1v) is 5.87. The van der Waals surface area contributed by atoms with Gasteiger partial charge in [-0.05, 0) is 48.4 Å². The molecule has 2 aromatic rings. The van der Waals surface area contributed by atoms with Crippen LogP contribution in [0.5, 0.6) is 5.75 Å². The number of nitrogens with two attached hydrogens (primary N) is 1. The van der Waals surface area contributed by atoms with E-state index in [1.165, 1.54) is 0 Å². The Morgan fingerprint density at radius 1 is 1.21 bits per heavy atom. The highest BCUT2D eigenvalue weighted by Crippen LogP contribution is 2.15. The summed E-state index contributed by atoms with van der Waals surface area (Å²) >= 11 is 0. The average molecular weight is 257 g/mol. The Kier molecular flexibility index (Phi) is 3.71. The molecule has 98 valence electrons. The van der Waals surface area contributed by atoms with Gasteiger partial charge in [-0.3, -0.25) is 0 Å². The molecule has 2 aromatic carbocycles. The van der Waals surface area contributed by atoms with Crippen LogP contribution in [0.1, 0.15) is 21.5 Å². The highest BCUT2D eigenvalue weighted by atomic mass is 16.5. The van der Waals surface area contributed by atoms with Gasteiger partial charge in [-0.15, -0.1) is 0 Å². The van der Waals surface area contributed by atoms with E-state index in [2.05, 4.69) is 0 Å². The van der Waals surface area contributed by atoms with Crippen molar-refractivity contribution in [3.05, 3.63) is 59.2 Å². The van der Waals surface area contributed by atoms with Gasteiger partial charge in [0.1, 0.15) is 12.4 Å². The second-order valence-electron chi connectivity index (χ2n) is 4.32. The first-order valence-electron chi connectivity index (χ1n) is 5.87. The third-order valence-corrected chi connectivity index (χ3v) is 2.78. The van der Waals surface area contributed by atoms with Gasteiger partial charge in [-0.1, -0.05) is 12.1 Å². The molecule has 0 heterocycles. The van der Waals surface area contributed by atoms with Crippen LogP contribution in [-0.4, -0.2) is 11.1 Å². The fourth-order valence-electron chi connectivity index (χ4n) is 1.73. The Morgan fingerprint density at radius 3 is 2.53 bits per heavy atom. The standard InChI is InChI=1S/C15H15NO3/c1-10-8-12(16)4-7-14(10)15(18)19-9-11-2-5-13(17)6-3-11/h2-8,17H,9,16H2,1H3. The first-order chi connectivity index (χ1) is 9.06. The lowest BCUT2D eigenvalue weighted by Crippen LogP contribution is -2.07. The molecule has 0 aliphatic rings. The molecule has 4 heteroatoms. The van der Waals surface area contributed by atoms with Crippen LogP contribution in [0.15, 0.2) is 42.5 Å². The first kappa shape index (κ1) is 13.0. The number of carbonyl (C=O) groups is 1. The lowest BCUT2D eigenvalue weighted by Gasteiger charge is -2.08. The molecule has 19 heavy (non-hydrogen) atoms. The van der Waals surface area contributed by atoms with E-state index in [0.717, 1.165) is 11.1 Å². The molecule has 0 unspecified atom stereocenters. The number of hydrogen-bond acceptors (Lipinski definition) is 4. The summed E-state index contributed by atoms with van der Waals surface area (Å²) in [6.45, 7) is 1.98. The van der Waals surface area contributed by atoms with E-state index in [0.29, 0.717) is 11.3 Å². The second kappa shape index (κ2) is 5.44. The third-order valence-electron chi connectivity index (χ3n) is 2.78. The Hall–Kier alpha value is -2.49. The molecule has 0 saturated carbocycles. The minimum Gasteiger partial charge on any atom is -0.508 e. The fourth-order valence-corrected chi connectivity index (χ4v) is 1.73. The van der Waals surface area contributed by atoms with Crippen molar-refractivity contribution < 1.29 is 14.6 Å². The van der Waals surface area contributed by atoms with Gasteiger partial charge in [0.15, 0.2) is 0 Å². The molecule has 0 aliphatic heterocycles. The topological polar surface area (TPSA) is 72.6 Å². The van der Waals surface area contributed by atoms with Gasteiger partial charge >= 0.3 is 5.97 Å². The Balaban J connectivity index is 2.03. The van der Waals surface area contributed by atoms with Gasteiger partial charge < -0.3 is 15.6 Å². The summed E-state index contributed by atoms with van der Waals surface area (Å²) in [6.07, 6.45) is 0. The number of nitrogen functional groups attached to an aromatic ring is 1. The minimum atomic E-state index is -0.384. The molecule has 0 aromatic heterocycles. The van der Waals surface area contributed by atoms with Crippen molar-refractivity contribution in [2.75, 3.05) is 5.73 Å². The summed E-state index contributed by atoms with van der Waals surface area (Å²) in [5.41, 5.74) is 8.36. The number of phenolic OH excluding ortho intramolecular Hbond substituents is 1. The number of benzene rings is 2. The number of anilines is 1. The summed E-state index contributed by atoms with van der Waals surface area (Å²) in [7, 11) is 0. The average Bonchev–Trinajstić information content (AvgIpc) is 2.37. The molecule has 0 amide bonds. The van der Waals surface area contributed by atoms with E-state index in [-0.39, 0.29) is 18.3 Å². The molecular formula is C15H15NO3. The van der Waals surface area contributed by atoms with Crippen molar-refractivity contribution in [3.8, 4) is 5.75 Å². The maximum absolute atomic E-state index is 11.9. The number of phenols is 1. The highest BCUT2D eigenvalue weighted by Gasteiger charge is 2.10. The van der Waals surface area contributed by atoms with Gasteiger partial charge in [0.2, 0.25) is 0 Å². The summed E-state index contributed by atoms with van der Waals surface area (Å²) < 4.78 is 5.21. The number of aromatic hydroxyl groups is 1. The van der Waals surface area contributed by atoms with Crippen molar-refractivity contribution in [2.45, 2.75) is 13.5 Å². The number of esters is 1. The minimum absolute atomic E-state index is 0.170. The molecule has 0 fully saturated rings. The van der Waals surface area contributed by atoms with Crippen LogP contribution in [0.3, 0.4) is 0 Å². The van der Waals surface area contributed by atoms with Crippen LogP contribution in [0.4, 0.5) is 5.69 Å². The smallest absolute Gasteiger partial charge is 0.338 e. The molecule has 0 aliphatic carbocycles. The SMILES string of the molecule is Cc1cc(N)ccc1C(=O)OCc1ccc(O)cc1. The van der Waals surface area contributed by atoms with Crippen molar-refractivity contribution in [3.63, 3.8) is 0 Å². The predicted octanol–water partition coefficient (Wildman–Crippen LogP) is 2.64. The van der Waals surface area contributed by atoms with E-state index in [1.807, 2.05) is 6.92 Å². The van der Waals surface area contributed by atoms with Crippen molar-refractivity contribution in [2.24, 2.45) is 0 Å². The lowest BCUT2D eigenvalue weighted by molar-refractivity contribution is 0.0472. The summed E-state index contributed by atoms with van der Waals surface area (Å²) in [5.74, 6) is -0.199. The van der Waals surface area contributed by atoms with E-state index < -0.39 is 0 Å². The maximum Gasteiger partial charge on any atom is 0.338 e. The molecule has 0 bridgehead atoms. The largest absolute Gasteiger partial charge is 0.508 e. The van der Waals surface area contributed by atoms with Crippen LogP contribution in [0.25, 0.3) is 0 Å². The normalized spacial score (nSPS) is 10.2. The van der Waals surface area contributed by atoms with E-state index in [9.17, 15) is 4.79 Å². The van der Waals surface area contributed by atoms with Crippen molar-refractivity contribution in [1.82, 2.24) is 0 Å². The Labute approximate surface area is 111 Å². The molecule has 0 atom stereocenters. The van der Waals surface area contributed by atoms with Gasteiger partial charge in [-0.25, -0.2) is 4.79 Å². The van der Waals surface area contributed by atoms with Crippen LogP contribution >= 0.6 is 0 Å². The molecular weight excluding hydrogens is 242 g/mol. The molecule has 2 rings (SSSR count). The highest BCUT2D eigenvalue weighted by molar-refractivity contribution is 5.91. The lowest BCUT2D eigenvalue weighted by atomic mass is 10.1. The van der Waals surface area contributed by atoms with Gasteiger partial charge in [-0.2, -0.15) is 0 Å². The molecule has 0 saturated heterocycles. The van der Waals surface area contributed by atoms with Gasteiger partial charge in [0.05, 0.1) is 5.56 Å². The second-order valence-corrected chi connectivity index (χ2v) is 4.32. The van der Waals surface area contributed by atoms with Gasteiger partial charge in [0.25, 0.3) is 0 Å². The molecule has 3 N–H and O–H groups in total. The summed E-state index contributed by atoms with van der Waals surface area (Å²) in [4.78, 5) is 11.9. The van der Waals surface area contributed by atoms with Crippen LogP contribution < -0.4 is 5.73 Å². The van der Waals surface area contributed by atoms with E-state index >= 15 is 0 Å². The van der Waals surface area contributed by atoms with Gasteiger partial charge in [0, 0.05) is 5.69 Å². The number of ether oxygens (including phenoxy) is 1. The van der Waals surface area contributed by atoms with Crippen LogP contribution in [0, 0.1) is 6.92 Å². The van der Waals surface area contributed by atoms with Crippen molar-refractivity contribution >= 4 is 11.7 Å². The van der Waals surface area contributed by atoms with Crippen molar-refractivity contribution in [1.29, 1.82) is 0 Å². The number of rotatable bonds is 3. The zero-order valence-electron chi connectivity index (χ0n) is 10.6. The van der Waals surface area contributed by atoms with Crippen LogP contribution in [0.2, 0.25) is 0 Å². The summed E-state index contributed by atoms with van der Waals surface area (Å²) in [5, 5.41) is 9.15.